The van der Waals surface area contributed by atoms with Crippen LogP contribution in [0, 0.1) is 0 Å². The minimum Gasteiger partial charge on any atom is -0.464 e. The molecule has 10 nitrogen and oxygen atoms in total. The first-order chi connectivity index (χ1) is 16.6. The van der Waals surface area contributed by atoms with Crippen molar-refractivity contribution in [3.05, 3.63) is 9.47 Å². The van der Waals surface area contributed by atoms with Gasteiger partial charge in [-0.05, 0) is 58.5 Å². The van der Waals surface area contributed by atoms with Crippen LogP contribution in [0.25, 0.3) is 0 Å². The van der Waals surface area contributed by atoms with Crippen molar-refractivity contribution in [2.24, 2.45) is 0 Å². The van der Waals surface area contributed by atoms with Gasteiger partial charge in [-0.3, -0.25) is 0 Å². The molecule has 0 saturated heterocycles. The van der Waals surface area contributed by atoms with Crippen LogP contribution in [0.4, 0.5) is 11.9 Å². The van der Waals surface area contributed by atoms with E-state index >= 15 is 0 Å². The molecule has 0 bridgehead atoms. The number of aromatic nitrogens is 6. The third-order valence-electron chi connectivity index (χ3n) is 4.89. The fourth-order valence-electron chi connectivity index (χ4n) is 3.27. The van der Waals surface area contributed by atoms with Crippen LogP contribution in [-0.2, 0) is 0 Å². The molecule has 2 rings (SSSR count). The zero-order valence-corrected chi connectivity index (χ0v) is 23.3. The lowest BCUT2D eigenvalue weighted by Gasteiger charge is -2.07. The van der Waals surface area contributed by atoms with Crippen LogP contribution in [-0.4, -0.2) is 56.2 Å². The first kappa shape index (κ1) is 28.4. The summed E-state index contributed by atoms with van der Waals surface area (Å²) >= 11 is 6.57. The Morgan fingerprint density at radius 2 is 0.882 bits per heavy atom. The number of nitrogens with one attached hydrogen (secondary N) is 2. The normalized spacial score (nSPS) is 10.8. The molecule has 0 saturated carbocycles. The van der Waals surface area contributed by atoms with Gasteiger partial charge in [0, 0.05) is 13.1 Å². The third kappa shape index (κ3) is 12.6. The molecular formula is C22H36Br2N8O2. The standard InChI is InChI=1S/C22H36Br2N8O2/c1-3-33-21-29-17(23)27-19(31-21)25-15-13-11-9-7-5-6-8-10-12-14-16-26-20-28-18(24)30-22(32-20)34-4-2/h3-16H2,1-2H3,(H,25,27,29,31)(H,26,28,30,32). The summed E-state index contributed by atoms with van der Waals surface area (Å²) in [5.41, 5.74) is 0. The summed E-state index contributed by atoms with van der Waals surface area (Å²) in [6, 6.07) is 0.686. The fraction of sp³-hybridized carbons (Fsp3) is 0.727. The van der Waals surface area contributed by atoms with Crippen LogP contribution >= 0.6 is 31.9 Å². The summed E-state index contributed by atoms with van der Waals surface area (Å²) < 4.78 is 11.6. The Bertz CT molecular complexity index is 764. The summed E-state index contributed by atoms with van der Waals surface area (Å²) in [6.07, 6.45) is 12.4. The molecule has 0 aliphatic heterocycles. The summed E-state index contributed by atoms with van der Waals surface area (Å²) in [5, 5.41) is 6.49. The van der Waals surface area contributed by atoms with Crippen molar-refractivity contribution in [3.63, 3.8) is 0 Å². The molecule has 0 aromatic carbocycles. The van der Waals surface area contributed by atoms with Crippen LogP contribution in [0.3, 0.4) is 0 Å². The highest BCUT2D eigenvalue weighted by Gasteiger charge is 2.06. The van der Waals surface area contributed by atoms with Crippen LogP contribution in [0.2, 0.25) is 0 Å². The molecule has 0 spiro atoms. The molecule has 0 atom stereocenters. The van der Waals surface area contributed by atoms with Crippen molar-refractivity contribution < 1.29 is 9.47 Å². The van der Waals surface area contributed by atoms with Crippen molar-refractivity contribution >= 4 is 43.8 Å². The molecule has 0 aliphatic rings. The predicted octanol–water partition coefficient (Wildman–Crippen LogP) is 5.80. The van der Waals surface area contributed by atoms with E-state index in [0.29, 0.717) is 46.6 Å². The Morgan fingerprint density at radius 1 is 0.529 bits per heavy atom. The molecule has 2 heterocycles. The Morgan fingerprint density at radius 3 is 1.24 bits per heavy atom. The van der Waals surface area contributed by atoms with Crippen molar-refractivity contribution in [2.75, 3.05) is 36.9 Å². The molecule has 190 valence electrons. The molecule has 0 aliphatic carbocycles. The van der Waals surface area contributed by atoms with Crippen LogP contribution in [0.5, 0.6) is 12.0 Å². The Balaban J connectivity index is 1.40. The predicted molar refractivity (Wildman–Crippen MR) is 141 cm³/mol. The van der Waals surface area contributed by atoms with Gasteiger partial charge in [0.1, 0.15) is 0 Å². The van der Waals surface area contributed by atoms with Gasteiger partial charge < -0.3 is 20.1 Å². The molecule has 0 fully saturated rings. The number of unbranched alkanes of at least 4 members (excludes halogenated alkanes) is 9. The van der Waals surface area contributed by atoms with Gasteiger partial charge in [0.15, 0.2) is 0 Å². The van der Waals surface area contributed by atoms with E-state index in [1.807, 2.05) is 13.8 Å². The highest BCUT2D eigenvalue weighted by Crippen LogP contribution is 2.14. The zero-order chi connectivity index (χ0) is 24.4. The van der Waals surface area contributed by atoms with E-state index in [9.17, 15) is 0 Å². The zero-order valence-electron chi connectivity index (χ0n) is 20.2. The highest BCUT2D eigenvalue weighted by atomic mass is 79.9. The second-order valence-electron chi connectivity index (χ2n) is 7.68. The molecule has 0 amide bonds. The molecule has 34 heavy (non-hydrogen) atoms. The van der Waals surface area contributed by atoms with Crippen LogP contribution in [0.1, 0.15) is 78.1 Å². The number of halogens is 2. The minimum atomic E-state index is 0.343. The van der Waals surface area contributed by atoms with E-state index in [2.05, 4.69) is 72.4 Å². The van der Waals surface area contributed by atoms with Gasteiger partial charge >= 0.3 is 12.0 Å². The molecule has 2 aromatic rings. The van der Waals surface area contributed by atoms with Gasteiger partial charge in [-0.1, -0.05) is 51.4 Å². The molecule has 2 aromatic heterocycles. The number of ether oxygens (including phenoxy) is 2. The maximum absolute atomic E-state index is 5.33. The molecular weight excluding hydrogens is 568 g/mol. The lowest BCUT2D eigenvalue weighted by Crippen LogP contribution is -2.08. The first-order valence-corrected chi connectivity index (χ1v) is 13.8. The molecule has 2 N–H and O–H groups in total. The topological polar surface area (TPSA) is 120 Å². The third-order valence-corrected chi connectivity index (χ3v) is 5.60. The number of rotatable bonds is 19. The van der Waals surface area contributed by atoms with Crippen molar-refractivity contribution in [1.29, 1.82) is 0 Å². The summed E-state index contributed by atoms with van der Waals surface area (Å²) in [4.78, 5) is 25.1. The van der Waals surface area contributed by atoms with Gasteiger partial charge in [0.05, 0.1) is 13.2 Å². The summed E-state index contributed by atoms with van der Waals surface area (Å²) in [6.45, 7) is 6.57. The van der Waals surface area contributed by atoms with Gasteiger partial charge in [-0.15, -0.1) is 0 Å². The first-order valence-electron chi connectivity index (χ1n) is 12.2. The monoisotopic (exact) mass is 602 g/mol. The SMILES string of the molecule is CCOc1nc(Br)nc(NCCCCCCCCCCCCNc2nc(Br)nc(OCC)n2)n1. The molecule has 12 heteroatoms. The van der Waals surface area contributed by atoms with E-state index in [4.69, 9.17) is 9.47 Å². The van der Waals surface area contributed by atoms with Crippen LogP contribution < -0.4 is 20.1 Å². The molecule has 0 unspecified atom stereocenters. The Hall–Kier alpha value is -1.82. The van der Waals surface area contributed by atoms with Crippen molar-refractivity contribution in [3.8, 4) is 12.0 Å². The van der Waals surface area contributed by atoms with Gasteiger partial charge in [0.25, 0.3) is 0 Å². The maximum Gasteiger partial charge on any atom is 0.322 e. The smallest absolute Gasteiger partial charge is 0.322 e. The average Bonchev–Trinajstić information content (AvgIpc) is 2.79. The second-order valence-corrected chi connectivity index (χ2v) is 9.09. The van der Waals surface area contributed by atoms with Crippen molar-refractivity contribution in [2.45, 2.75) is 78.1 Å². The largest absolute Gasteiger partial charge is 0.464 e. The number of hydrogen-bond donors (Lipinski definition) is 2. The second kappa shape index (κ2) is 17.6. The van der Waals surface area contributed by atoms with E-state index in [0.717, 1.165) is 25.9 Å². The highest BCUT2D eigenvalue weighted by molar-refractivity contribution is 9.10. The number of nitrogens with zero attached hydrogens (tertiary/aromatic N) is 6. The summed E-state index contributed by atoms with van der Waals surface area (Å²) in [5.74, 6) is 1.11. The van der Waals surface area contributed by atoms with E-state index in [1.54, 1.807) is 0 Å². The maximum atomic E-state index is 5.33. The Labute approximate surface area is 219 Å². The molecule has 0 radical (unpaired) electrons. The van der Waals surface area contributed by atoms with E-state index in [1.165, 1.54) is 51.4 Å². The quantitative estimate of drug-likeness (QED) is 0.190. The Kier molecular flexibility index (Phi) is 14.7. The minimum absolute atomic E-state index is 0.343. The van der Waals surface area contributed by atoms with Crippen molar-refractivity contribution in [1.82, 2.24) is 29.9 Å². The van der Waals surface area contributed by atoms with Crippen LogP contribution in [0.15, 0.2) is 9.47 Å². The summed E-state index contributed by atoms with van der Waals surface area (Å²) in [7, 11) is 0. The average molecular weight is 604 g/mol. The van der Waals surface area contributed by atoms with E-state index in [-0.39, 0.29) is 0 Å². The fourth-order valence-corrected chi connectivity index (χ4v) is 3.91. The van der Waals surface area contributed by atoms with Gasteiger partial charge in [-0.25, -0.2) is 0 Å². The van der Waals surface area contributed by atoms with Gasteiger partial charge in [0.2, 0.25) is 21.4 Å². The van der Waals surface area contributed by atoms with Gasteiger partial charge in [-0.2, -0.15) is 29.9 Å². The number of anilines is 2. The lowest BCUT2D eigenvalue weighted by molar-refractivity contribution is 0.310. The number of hydrogen-bond acceptors (Lipinski definition) is 10. The lowest BCUT2D eigenvalue weighted by atomic mass is 10.1. The van der Waals surface area contributed by atoms with E-state index < -0.39 is 0 Å².